The SMILES string of the molecule is CC/C=C\C/C=C\C/C=C\C/C=C\C/C=C\CC(=O)NC(CS(=O)(=O)O)C(O)/C=C/CCCCCC. The van der Waals surface area contributed by atoms with E-state index in [-0.39, 0.29) is 6.42 Å². The summed E-state index contributed by atoms with van der Waals surface area (Å²) in [4.78, 5) is 12.2. The molecule has 36 heavy (non-hydrogen) atoms. The monoisotopic (exact) mass is 521 g/mol. The van der Waals surface area contributed by atoms with Crippen molar-refractivity contribution in [3.05, 3.63) is 72.9 Å². The highest BCUT2D eigenvalue weighted by Crippen LogP contribution is 2.06. The van der Waals surface area contributed by atoms with Crippen molar-refractivity contribution < 1.29 is 22.9 Å². The van der Waals surface area contributed by atoms with Gasteiger partial charge in [0.25, 0.3) is 10.1 Å². The zero-order chi connectivity index (χ0) is 26.9. The average molecular weight is 522 g/mol. The highest BCUT2D eigenvalue weighted by atomic mass is 32.2. The van der Waals surface area contributed by atoms with E-state index in [0.717, 1.165) is 57.8 Å². The molecule has 0 bridgehead atoms. The Labute approximate surface area is 219 Å². The Morgan fingerprint density at radius 1 is 0.778 bits per heavy atom. The van der Waals surface area contributed by atoms with Crippen LogP contribution in [0.5, 0.6) is 0 Å². The van der Waals surface area contributed by atoms with E-state index >= 15 is 0 Å². The lowest BCUT2D eigenvalue weighted by Crippen LogP contribution is -2.46. The number of aliphatic hydroxyl groups is 1. The van der Waals surface area contributed by atoms with E-state index in [1.807, 2.05) is 12.2 Å². The minimum Gasteiger partial charge on any atom is -0.387 e. The van der Waals surface area contributed by atoms with Gasteiger partial charge in [0.2, 0.25) is 5.91 Å². The Morgan fingerprint density at radius 3 is 1.81 bits per heavy atom. The largest absolute Gasteiger partial charge is 0.387 e. The van der Waals surface area contributed by atoms with Crippen molar-refractivity contribution in [2.24, 2.45) is 0 Å². The number of nitrogens with one attached hydrogen (secondary N) is 1. The van der Waals surface area contributed by atoms with Crippen LogP contribution in [0.2, 0.25) is 0 Å². The Morgan fingerprint density at radius 2 is 1.31 bits per heavy atom. The van der Waals surface area contributed by atoms with Gasteiger partial charge in [-0.25, -0.2) is 0 Å². The highest BCUT2D eigenvalue weighted by Gasteiger charge is 2.24. The second kappa shape index (κ2) is 23.2. The lowest BCUT2D eigenvalue weighted by Gasteiger charge is -2.20. The van der Waals surface area contributed by atoms with E-state index in [4.69, 9.17) is 0 Å². The molecule has 0 radical (unpaired) electrons. The van der Waals surface area contributed by atoms with Crippen LogP contribution in [0.1, 0.15) is 84.5 Å². The lowest BCUT2D eigenvalue weighted by atomic mass is 10.1. The molecule has 6 nitrogen and oxygen atoms in total. The van der Waals surface area contributed by atoms with E-state index in [1.54, 1.807) is 12.2 Å². The van der Waals surface area contributed by atoms with Gasteiger partial charge in [-0.15, -0.1) is 0 Å². The first-order valence-corrected chi connectivity index (χ1v) is 14.7. The fraction of sp³-hybridized carbons (Fsp3) is 0.552. The Balaban J connectivity index is 4.34. The van der Waals surface area contributed by atoms with Gasteiger partial charge in [0.1, 0.15) is 0 Å². The molecule has 1 amide bonds. The molecule has 0 saturated heterocycles. The van der Waals surface area contributed by atoms with E-state index in [0.29, 0.717) is 6.42 Å². The van der Waals surface area contributed by atoms with Gasteiger partial charge in [0.05, 0.1) is 17.9 Å². The molecule has 2 atom stereocenters. The summed E-state index contributed by atoms with van der Waals surface area (Å²) in [5.74, 6) is -1.16. The number of rotatable bonds is 21. The van der Waals surface area contributed by atoms with E-state index in [9.17, 15) is 22.9 Å². The lowest BCUT2D eigenvalue weighted by molar-refractivity contribution is -0.121. The topological polar surface area (TPSA) is 104 Å². The Hall–Kier alpha value is -2.22. The Bertz CT molecular complexity index is 838. The van der Waals surface area contributed by atoms with Crippen LogP contribution >= 0.6 is 0 Å². The number of hydrogen-bond donors (Lipinski definition) is 3. The quantitative estimate of drug-likeness (QED) is 0.0922. The maximum atomic E-state index is 12.2. The Kier molecular flexibility index (Phi) is 21.8. The standard InChI is InChI=1S/C29H47NO5S/c1-3-5-7-9-11-12-13-14-15-16-17-18-19-21-23-25-29(32)30-27(26-36(33,34)35)28(31)24-22-20-10-8-6-4-2/h5,7,11-12,14-15,17-18,21-24,27-28,31H,3-4,6,8-10,13,16,19-20,25-26H2,1-2H3,(H,30,32)(H,33,34,35)/b7-5-,12-11-,15-14-,18-17-,23-21-,24-22+. The number of aliphatic hydroxyl groups excluding tert-OH is 1. The van der Waals surface area contributed by atoms with Crippen LogP contribution in [0.25, 0.3) is 0 Å². The molecule has 0 aliphatic rings. The molecule has 0 aromatic heterocycles. The molecule has 7 heteroatoms. The predicted octanol–water partition coefficient (Wildman–Crippen LogP) is 6.39. The molecule has 0 aliphatic carbocycles. The number of carbonyl (C=O) groups excluding carboxylic acids is 1. The average Bonchev–Trinajstić information content (AvgIpc) is 2.82. The zero-order valence-electron chi connectivity index (χ0n) is 22.1. The fourth-order valence-electron chi connectivity index (χ4n) is 3.22. The van der Waals surface area contributed by atoms with Gasteiger partial charge in [-0.1, -0.05) is 106 Å². The number of allylic oxidation sites excluding steroid dienone is 10. The van der Waals surface area contributed by atoms with Crippen LogP contribution in [0.15, 0.2) is 72.9 Å². The van der Waals surface area contributed by atoms with E-state index < -0.39 is 33.9 Å². The summed E-state index contributed by atoms with van der Waals surface area (Å²) >= 11 is 0. The molecular weight excluding hydrogens is 474 g/mol. The second-order valence-corrected chi connectivity index (χ2v) is 10.1. The summed E-state index contributed by atoms with van der Waals surface area (Å²) in [5, 5.41) is 12.8. The van der Waals surface area contributed by atoms with Crippen molar-refractivity contribution in [2.75, 3.05) is 5.75 Å². The molecule has 0 saturated carbocycles. The molecule has 0 rings (SSSR count). The molecule has 0 aromatic rings. The first-order valence-electron chi connectivity index (χ1n) is 13.1. The maximum absolute atomic E-state index is 12.2. The summed E-state index contributed by atoms with van der Waals surface area (Å²) in [6.07, 6.45) is 32.3. The minimum atomic E-state index is -4.35. The summed E-state index contributed by atoms with van der Waals surface area (Å²) < 4.78 is 31.8. The summed E-state index contributed by atoms with van der Waals surface area (Å²) in [7, 11) is -4.35. The molecule has 3 N–H and O–H groups in total. The van der Waals surface area contributed by atoms with Crippen LogP contribution in [0.3, 0.4) is 0 Å². The van der Waals surface area contributed by atoms with Crippen LogP contribution in [0.4, 0.5) is 0 Å². The molecule has 0 aliphatic heterocycles. The third kappa shape index (κ3) is 23.5. The molecule has 0 heterocycles. The summed E-state index contributed by atoms with van der Waals surface area (Å²) in [6.45, 7) is 4.25. The first kappa shape index (κ1) is 33.8. The first-order chi connectivity index (χ1) is 17.3. The molecule has 0 fully saturated rings. The van der Waals surface area contributed by atoms with E-state index in [2.05, 4.69) is 61.7 Å². The number of amides is 1. The number of carbonyl (C=O) groups is 1. The predicted molar refractivity (Wildman–Crippen MR) is 151 cm³/mol. The molecule has 0 aromatic carbocycles. The van der Waals surface area contributed by atoms with Gasteiger partial charge < -0.3 is 10.4 Å². The number of hydrogen-bond acceptors (Lipinski definition) is 4. The van der Waals surface area contributed by atoms with E-state index in [1.165, 1.54) is 6.08 Å². The third-order valence-corrected chi connectivity index (χ3v) is 5.95. The van der Waals surface area contributed by atoms with Crippen molar-refractivity contribution in [1.82, 2.24) is 5.32 Å². The fourth-order valence-corrected chi connectivity index (χ4v) is 3.95. The van der Waals surface area contributed by atoms with Crippen molar-refractivity contribution in [1.29, 1.82) is 0 Å². The highest BCUT2D eigenvalue weighted by molar-refractivity contribution is 7.85. The van der Waals surface area contributed by atoms with Crippen molar-refractivity contribution in [2.45, 2.75) is 96.6 Å². The van der Waals surface area contributed by atoms with Crippen LogP contribution in [0, 0.1) is 0 Å². The zero-order valence-corrected chi connectivity index (χ0v) is 22.9. The van der Waals surface area contributed by atoms with Gasteiger partial charge in [0.15, 0.2) is 0 Å². The van der Waals surface area contributed by atoms with Crippen LogP contribution < -0.4 is 5.32 Å². The van der Waals surface area contributed by atoms with Gasteiger partial charge in [-0.3, -0.25) is 9.35 Å². The molecule has 2 unspecified atom stereocenters. The van der Waals surface area contributed by atoms with Gasteiger partial charge in [0, 0.05) is 6.42 Å². The minimum absolute atomic E-state index is 0.0585. The van der Waals surface area contributed by atoms with Crippen molar-refractivity contribution in [3.8, 4) is 0 Å². The normalized spacial score (nSPS) is 14.9. The second-order valence-electron chi connectivity index (χ2n) is 8.60. The maximum Gasteiger partial charge on any atom is 0.267 e. The number of unbranched alkanes of at least 4 members (excludes halogenated alkanes) is 4. The summed E-state index contributed by atoms with van der Waals surface area (Å²) in [6, 6.07) is -1.11. The van der Waals surface area contributed by atoms with Gasteiger partial charge in [-0.2, -0.15) is 8.42 Å². The van der Waals surface area contributed by atoms with Gasteiger partial charge >= 0.3 is 0 Å². The van der Waals surface area contributed by atoms with Crippen molar-refractivity contribution >= 4 is 16.0 Å². The molecule has 0 spiro atoms. The molecular formula is C29H47NO5S. The molecule has 204 valence electrons. The third-order valence-electron chi connectivity index (χ3n) is 5.17. The smallest absolute Gasteiger partial charge is 0.267 e. The van der Waals surface area contributed by atoms with Crippen molar-refractivity contribution in [3.63, 3.8) is 0 Å². The van der Waals surface area contributed by atoms with Gasteiger partial charge in [-0.05, 0) is 44.9 Å². The summed E-state index contributed by atoms with van der Waals surface area (Å²) in [5.41, 5.74) is 0. The van der Waals surface area contributed by atoms with Crippen LogP contribution in [-0.4, -0.2) is 41.9 Å². The van der Waals surface area contributed by atoms with Crippen LogP contribution in [-0.2, 0) is 14.9 Å².